The van der Waals surface area contributed by atoms with Crippen molar-refractivity contribution in [3.8, 4) is 11.5 Å². The minimum absolute atomic E-state index is 0.00345. The largest absolute Gasteiger partial charge is 0.486 e. The Hall–Kier alpha value is -2.69. The van der Waals surface area contributed by atoms with Gasteiger partial charge in [0.1, 0.15) is 13.2 Å². The van der Waals surface area contributed by atoms with Gasteiger partial charge in [0, 0.05) is 37.0 Å². The lowest BCUT2D eigenvalue weighted by Gasteiger charge is -2.36. The number of aromatic nitrogens is 3. The first kappa shape index (κ1) is 21.8. The van der Waals surface area contributed by atoms with Crippen molar-refractivity contribution in [3.05, 3.63) is 52.5 Å². The molecule has 8 nitrogen and oxygen atoms in total. The third kappa shape index (κ3) is 4.14. The molecule has 34 heavy (non-hydrogen) atoms. The zero-order chi connectivity index (χ0) is 23.1. The molecule has 0 amide bonds. The SMILES string of the molecule is O=c1ccc2ncc(F)c3c2n1[C@H](CN1CCC(NCc2cc4c(cn2)OCCO4)CC1)CS3. The minimum Gasteiger partial charge on any atom is -0.486 e. The van der Waals surface area contributed by atoms with Crippen LogP contribution in [0.5, 0.6) is 11.5 Å². The quantitative estimate of drug-likeness (QED) is 0.593. The van der Waals surface area contributed by atoms with E-state index in [1.165, 1.54) is 18.0 Å². The van der Waals surface area contributed by atoms with Gasteiger partial charge in [-0.3, -0.25) is 14.8 Å². The van der Waals surface area contributed by atoms with Gasteiger partial charge in [0.25, 0.3) is 5.56 Å². The number of fused-ring (bicyclic) bond motifs is 1. The molecule has 0 saturated carbocycles. The summed E-state index contributed by atoms with van der Waals surface area (Å²) in [5.41, 5.74) is 2.16. The molecule has 0 bridgehead atoms. The molecule has 6 rings (SSSR count). The summed E-state index contributed by atoms with van der Waals surface area (Å²) in [5, 5.41) is 3.62. The Morgan fingerprint density at radius 3 is 2.79 bits per heavy atom. The number of halogens is 1. The van der Waals surface area contributed by atoms with E-state index < -0.39 is 0 Å². The molecule has 0 unspecified atom stereocenters. The Balaban J connectivity index is 1.07. The lowest BCUT2D eigenvalue weighted by molar-refractivity contribution is 0.169. The lowest BCUT2D eigenvalue weighted by atomic mass is 10.0. The van der Waals surface area contributed by atoms with Crippen LogP contribution in [0.1, 0.15) is 24.6 Å². The van der Waals surface area contributed by atoms with Crippen LogP contribution in [0.2, 0.25) is 0 Å². The second-order valence-electron chi connectivity index (χ2n) is 8.95. The van der Waals surface area contributed by atoms with Gasteiger partial charge in [0.2, 0.25) is 0 Å². The number of ether oxygens (including phenoxy) is 2. The van der Waals surface area contributed by atoms with Crippen LogP contribution in [-0.2, 0) is 6.54 Å². The van der Waals surface area contributed by atoms with E-state index in [-0.39, 0.29) is 17.4 Å². The van der Waals surface area contributed by atoms with E-state index in [0.29, 0.717) is 53.2 Å². The highest BCUT2D eigenvalue weighted by molar-refractivity contribution is 7.99. The summed E-state index contributed by atoms with van der Waals surface area (Å²) in [6, 6.07) is 5.60. The number of likely N-dealkylation sites (tertiary alicyclic amines) is 1. The maximum Gasteiger partial charge on any atom is 0.251 e. The van der Waals surface area contributed by atoms with Gasteiger partial charge in [-0.15, -0.1) is 11.8 Å². The van der Waals surface area contributed by atoms with E-state index in [2.05, 4.69) is 20.2 Å². The monoisotopic (exact) mass is 483 g/mol. The van der Waals surface area contributed by atoms with Gasteiger partial charge in [-0.1, -0.05) is 0 Å². The normalized spacial score (nSPS) is 20.6. The highest BCUT2D eigenvalue weighted by atomic mass is 32.2. The molecule has 0 aliphatic carbocycles. The number of nitrogens with one attached hydrogen (secondary N) is 1. The third-order valence-corrected chi connectivity index (χ3v) is 7.98. The lowest BCUT2D eigenvalue weighted by Crippen LogP contribution is -2.45. The predicted molar refractivity (Wildman–Crippen MR) is 127 cm³/mol. The number of thioether (sulfide) groups is 1. The van der Waals surface area contributed by atoms with Crippen LogP contribution < -0.4 is 20.3 Å². The molecule has 0 spiro atoms. The molecule has 3 aromatic heterocycles. The molecule has 1 saturated heterocycles. The Morgan fingerprint density at radius 1 is 1.12 bits per heavy atom. The summed E-state index contributed by atoms with van der Waals surface area (Å²) in [6.07, 6.45) is 5.03. The van der Waals surface area contributed by atoms with E-state index in [1.807, 2.05) is 6.07 Å². The fourth-order valence-corrected chi connectivity index (χ4v) is 6.16. The van der Waals surface area contributed by atoms with Crippen LogP contribution >= 0.6 is 11.8 Å². The van der Waals surface area contributed by atoms with Crippen LogP contribution in [0.25, 0.3) is 11.0 Å². The Labute approximate surface area is 200 Å². The molecule has 178 valence electrons. The van der Waals surface area contributed by atoms with E-state index in [4.69, 9.17) is 9.47 Å². The Bertz CT molecular complexity index is 1280. The Morgan fingerprint density at radius 2 is 1.94 bits per heavy atom. The molecule has 1 atom stereocenters. The van der Waals surface area contributed by atoms with Gasteiger partial charge in [0.05, 0.1) is 40.1 Å². The Kier molecular flexibility index (Phi) is 5.88. The van der Waals surface area contributed by atoms with Crippen molar-refractivity contribution in [3.63, 3.8) is 0 Å². The molecular weight excluding hydrogens is 457 g/mol. The number of nitrogens with zero attached hydrogens (tertiary/aromatic N) is 4. The maximum absolute atomic E-state index is 14.3. The third-order valence-electron chi connectivity index (χ3n) is 6.75. The van der Waals surface area contributed by atoms with Crippen molar-refractivity contribution >= 4 is 22.8 Å². The zero-order valence-electron chi connectivity index (χ0n) is 18.7. The first-order valence-electron chi connectivity index (χ1n) is 11.7. The smallest absolute Gasteiger partial charge is 0.251 e. The van der Waals surface area contributed by atoms with E-state index in [0.717, 1.165) is 43.9 Å². The fraction of sp³-hybridized carbons (Fsp3) is 0.458. The molecule has 1 N–H and O–H groups in total. The molecular formula is C24H26FN5O3S. The van der Waals surface area contributed by atoms with Crippen molar-refractivity contribution in [2.45, 2.75) is 36.4 Å². The average molecular weight is 484 g/mol. The molecule has 3 aliphatic heterocycles. The van der Waals surface area contributed by atoms with Crippen LogP contribution in [0.15, 0.2) is 40.3 Å². The van der Waals surface area contributed by atoms with Gasteiger partial charge in [-0.2, -0.15) is 0 Å². The fourth-order valence-electron chi connectivity index (χ4n) is 5.01. The summed E-state index contributed by atoms with van der Waals surface area (Å²) in [5.74, 6) is 1.80. The minimum atomic E-state index is -0.352. The van der Waals surface area contributed by atoms with Crippen LogP contribution in [0.3, 0.4) is 0 Å². The van der Waals surface area contributed by atoms with Gasteiger partial charge in [0.15, 0.2) is 17.3 Å². The van der Waals surface area contributed by atoms with Gasteiger partial charge in [-0.25, -0.2) is 4.39 Å². The number of pyridine rings is 3. The highest BCUT2D eigenvalue weighted by Gasteiger charge is 2.29. The number of piperidine rings is 1. The summed E-state index contributed by atoms with van der Waals surface area (Å²) in [4.78, 5) is 24.3. The maximum atomic E-state index is 14.3. The zero-order valence-corrected chi connectivity index (χ0v) is 19.5. The molecule has 1 fully saturated rings. The van der Waals surface area contributed by atoms with E-state index in [1.54, 1.807) is 22.9 Å². The van der Waals surface area contributed by atoms with Crippen molar-refractivity contribution in [1.82, 2.24) is 24.8 Å². The predicted octanol–water partition coefficient (Wildman–Crippen LogP) is 2.60. The molecule has 3 aliphatic rings. The highest BCUT2D eigenvalue weighted by Crippen LogP contribution is 2.37. The van der Waals surface area contributed by atoms with Crippen molar-refractivity contribution in [1.29, 1.82) is 0 Å². The van der Waals surface area contributed by atoms with Crippen LogP contribution in [0, 0.1) is 5.82 Å². The van der Waals surface area contributed by atoms with Gasteiger partial charge < -0.3 is 24.3 Å². The standard InChI is InChI=1S/C24H26FN5O3S/c25-18-11-28-19-1-2-22(31)30-17(14-34-24(18)23(19)30)13-29-5-3-15(4-6-29)26-10-16-9-20-21(12-27-16)33-8-7-32-20/h1-2,9,11-12,15,17,26H,3-8,10,13-14H2/t17-/m1/s1. The molecule has 10 heteroatoms. The summed E-state index contributed by atoms with van der Waals surface area (Å²) in [7, 11) is 0. The second kappa shape index (κ2) is 9.16. The first-order chi connectivity index (χ1) is 16.7. The number of hydrogen-bond acceptors (Lipinski definition) is 8. The molecule has 0 aromatic carbocycles. The molecule has 6 heterocycles. The average Bonchev–Trinajstić information content (AvgIpc) is 2.87. The van der Waals surface area contributed by atoms with E-state index >= 15 is 0 Å². The van der Waals surface area contributed by atoms with E-state index in [9.17, 15) is 9.18 Å². The van der Waals surface area contributed by atoms with Crippen LogP contribution in [-0.4, -0.2) is 64.1 Å². The number of rotatable bonds is 5. The van der Waals surface area contributed by atoms with Gasteiger partial charge >= 0.3 is 0 Å². The first-order valence-corrected chi connectivity index (χ1v) is 12.7. The second-order valence-corrected chi connectivity index (χ2v) is 9.98. The van der Waals surface area contributed by atoms with Gasteiger partial charge in [-0.05, 0) is 32.0 Å². The van der Waals surface area contributed by atoms with Crippen molar-refractivity contribution < 1.29 is 13.9 Å². The molecule has 3 aromatic rings. The van der Waals surface area contributed by atoms with Crippen molar-refractivity contribution in [2.75, 3.05) is 38.6 Å². The summed E-state index contributed by atoms with van der Waals surface area (Å²) >= 11 is 1.49. The molecule has 0 radical (unpaired) electrons. The summed E-state index contributed by atoms with van der Waals surface area (Å²) < 4.78 is 27.3. The van der Waals surface area contributed by atoms with Crippen LogP contribution in [0.4, 0.5) is 4.39 Å². The topological polar surface area (TPSA) is 81.5 Å². The number of hydrogen-bond donors (Lipinski definition) is 1. The summed E-state index contributed by atoms with van der Waals surface area (Å²) in [6.45, 7) is 4.50. The van der Waals surface area contributed by atoms with Crippen molar-refractivity contribution in [2.24, 2.45) is 0 Å².